The summed E-state index contributed by atoms with van der Waals surface area (Å²) in [5.74, 6) is 0.518. The van der Waals surface area contributed by atoms with E-state index in [1.54, 1.807) is 18.2 Å². The van der Waals surface area contributed by atoms with E-state index in [0.717, 1.165) is 12.3 Å². The molecule has 0 amide bonds. The lowest BCUT2D eigenvalue weighted by Gasteiger charge is -2.36. The number of nitrogens with zero attached hydrogens (tertiary/aromatic N) is 3. The molecule has 3 aromatic rings. The molecule has 156 valence electrons. The summed E-state index contributed by atoms with van der Waals surface area (Å²) in [4.78, 5) is 20.5. The van der Waals surface area contributed by atoms with Gasteiger partial charge >= 0.3 is 6.18 Å². The lowest BCUT2D eigenvalue weighted by atomic mass is 9.85. The Labute approximate surface area is 170 Å². The minimum atomic E-state index is -4.53. The van der Waals surface area contributed by atoms with Gasteiger partial charge in [0.25, 0.3) is 5.89 Å². The maximum Gasteiger partial charge on any atom is 0.417 e. The Hall–Kier alpha value is -3.23. The molecule has 6 nitrogen and oxygen atoms in total. The van der Waals surface area contributed by atoms with E-state index in [-0.39, 0.29) is 29.5 Å². The Morgan fingerprint density at radius 1 is 1.10 bits per heavy atom. The molecule has 0 radical (unpaired) electrons. The molecule has 0 saturated carbocycles. The summed E-state index contributed by atoms with van der Waals surface area (Å²) in [5, 5.41) is 3.76. The summed E-state index contributed by atoms with van der Waals surface area (Å²) in [6.45, 7) is 3.97. The van der Waals surface area contributed by atoms with Gasteiger partial charge in [-0.1, -0.05) is 19.0 Å². The fraction of sp³-hybridized carbons (Fsp3) is 0.333. The molecule has 3 heterocycles. The van der Waals surface area contributed by atoms with Crippen molar-refractivity contribution < 1.29 is 27.2 Å². The van der Waals surface area contributed by atoms with Crippen LogP contribution in [0.2, 0.25) is 0 Å². The fourth-order valence-corrected chi connectivity index (χ4v) is 3.45. The predicted molar refractivity (Wildman–Crippen MR) is 101 cm³/mol. The Bertz CT molecular complexity index is 1100. The first-order valence-electron chi connectivity index (χ1n) is 9.47. The van der Waals surface area contributed by atoms with Crippen LogP contribution in [0.25, 0.3) is 22.8 Å². The van der Waals surface area contributed by atoms with E-state index in [0.29, 0.717) is 29.7 Å². The van der Waals surface area contributed by atoms with Gasteiger partial charge in [0.15, 0.2) is 5.78 Å². The number of halogens is 3. The fourth-order valence-electron chi connectivity index (χ4n) is 3.45. The average molecular weight is 417 g/mol. The van der Waals surface area contributed by atoms with E-state index in [4.69, 9.17) is 9.26 Å². The number of aromatic nitrogens is 3. The zero-order valence-electron chi connectivity index (χ0n) is 16.3. The minimum absolute atomic E-state index is 0.0279. The minimum Gasteiger partial charge on any atom is -0.486 e. The monoisotopic (exact) mass is 417 g/mol. The van der Waals surface area contributed by atoms with E-state index in [9.17, 15) is 18.0 Å². The van der Waals surface area contributed by atoms with Crippen molar-refractivity contribution in [3.05, 3.63) is 47.8 Å². The van der Waals surface area contributed by atoms with Crippen LogP contribution in [0.1, 0.15) is 49.0 Å². The number of ether oxygens (including phenoxy) is 1. The van der Waals surface area contributed by atoms with Crippen LogP contribution in [0.15, 0.2) is 41.2 Å². The number of carbonyl (C=O) groups is 1. The zero-order valence-corrected chi connectivity index (χ0v) is 16.3. The van der Waals surface area contributed by atoms with Crippen LogP contribution < -0.4 is 4.74 Å². The standard InChI is InChI=1S/C21H18F3N3O3/c1-3-20(4-2)9-16(28)15-8-12(5-6-17(15)29-20)19-26-18(27-30-19)13-7-14(11-25-10-13)21(22,23)24/h5-8,10-11H,3-4,9H2,1-2H3. The Kier molecular flexibility index (Phi) is 4.83. The molecule has 0 spiro atoms. The lowest BCUT2D eigenvalue weighted by molar-refractivity contribution is -0.137. The van der Waals surface area contributed by atoms with Crippen LogP contribution in [0.3, 0.4) is 0 Å². The second-order valence-electron chi connectivity index (χ2n) is 7.19. The molecule has 30 heavy (non-hydrogen) atoms. The normalized spacial score (nSPS) is 15.6. The van der Waals surface area contributed by atoms with Gasteiger partial charge in [-0.05, 0) is 37.1 Å². The molecule has 0 saturated heterocycles. The number of ketones is 1. The predicted octanol–water partition coefficient (Wildman–Crippen LogP) is 5.34. The van der Waals surface area contributed by atoms with E-state index < -0.39 is 17.3 Å². The van der Waals surface area contributed by atoms with Crippen LogP contribution in [0.4, 0.5) is 13.2 Å². The molecule has 4 rings (SSSR count). The second kappa shape index (κ2) is 7.23. The highest BCUT2D eigenvalue weighted by Gasteiger charge is 2.38. The highest BCUT2D eigenvalue weighted by Crippen LogP contribution is 2.39. The second-order valence-corrected chi connectivity index (χ2v) is 7.19. The van der Waals surface area contributed by atoms with Gasteiger partial charge < -0.3 is 9.26 Å². The molecule has 0 unspecified atom stereocenters. The highest BCUT2D eigenvalue weighted by atomic mass is 19.4. The van der Waals surface area contributed by atoms with Gasteiger partial charge in [-0.2, -0.15) is 18.2 Å². The van der Waals surface area contributed by atoms with Crippen molar-refractivity contribution >= 4 is 5.78 Å². The van der Waals surface area contributed by atoms with Gasteiger partial charge in [-0.3, -0.25) is 9.78 Å². The number of pyridine rings is 1. The van der Waals surface area contributed by atoms with E-state index in [2.05, 4.69) is 15.1 Å². The van der Waals surface area contributed by atoms with Crippen molar-refractivity contribution in [2.45, 2.75) is 44.9 Å². The van der Waals surface area contributed by atoms with Gasteiger partial charge in [0, 0.05) is 23.5 Å². The SMILES string of the molecule is CCC1(CC)CC(=O)c2cc(-c3nc(-c4cncc(C(F)(F)F)c4)no3)ccc2O1. The number of benzene rings is 1. The molecule has 0 bridgehead atoms. The maximum atomic E-state index is 12.9. The molecule has 0 fully saturated rings. The van der Waals surface area contributed by atoms with Gasteiger partial charge in [0.1, 0.15) is 11.4 Å². The topological polar surface area (TPSA) is 78.1 Å². The number of Topliss-reactive ketones (excluding diaryl/α,β-unsaturated/α-hetero) is 1. The lowest BCUT2D eigenvalue weighted by Crippen LogP contribution is -2.40. The molecular weight excluding hydrogens is 399 g/mol. The first kappa shape index (κ1) is 20.1. The number of rotatable bonds is 4. The Morgan fingerprint density at radius 3 is 2.57 bits per heavy atom. The first-order valence-corrected chi connectivity index (χ1v) is 9.47. The third kappa shape index (κ3) is 3.55. The van der Waals surface area contributed by atoms with Crippen LogP contribution in [0, 0.1) is 0 Å². The van der Waals surface area contributed by atoms with Crippen molar-refractivity contribution in [2.75, 3.05) is 0 Å². The summed E-state index contributed by atoms with van der Waals surface area (Å²) in [6.07, 6.45) is -0.861. The quantitative estimate of drug-likeness (QED) is 0.570. The van der Waals surface area contributed by atoms with E-state index >= 15 is 0 Å². The van der Waals surface area contributed by atoms with Crippen LogP contribution in [0.5, 0.6) is 5.75 Å². The van der Waals surface area contributed by atoms with Crippen LogP contribution in [-0.2, 0) is 6.18 Å². The number of alkyl halides is 3. The first-order chi connectivity index (χ1) is 14.2. The van der Waals surface area contributed by atoms with Crippen molar-refractivity contribution in [2.24, 2.45) is 0 Å². The molecule has 0 N–H and O–H groups in total. The van der Waals surface area contributed by atoms with Crippen molar-refractivity contribution in [1.29, 1.82) is 0 Å². The number of hydrogen-bond donors (Lipinski definition) is 0. The zero-order chi connectivity index (χ0) is 21.5. The van der Waals surface area contributed by atoms with Gasteiger partial charge in [-0.15, -0.1) is 0 Å². The van der Waals surface area contributed by atoms with Gasteiger partial charge in [-0.25, -0.2) is 0 Å². The van der Waals surface area contributed by atoms with Crippen molar-refractivity contribution in [3.8, 4) is 28.6 Å². The molecule has 0 aliphatic carbocycles. The third-order valence-electron chi connectivity index (χ3n) is 5.37. The van der Waals surface area contributed by atoms with E-state index in [1.165, 1.54) is 6.20 Å². The number of hydrogen-bond acceptors (Lipinski definition) is 6. The van der Waals surface area contributed by atoms with Crippen LogP contribution >= 0.6 is 0 Å². The van der Waals surface area contributed by atoms with Crippen molar-refractivity contribution in [1.82, 2.24) is 15.1 Å². The smallest absolute Gasteiger partial charge is 0.417 e. The van der Waals surface area contributed by atoms with Gasteiger partial charge in [0.05, 0.1) is 17.5 Å². The third-order valence-corrected chi connectivity index (χ3v) is 5.37. The molecule has 1 aliphatic heterocycles. The Balaban J connectivity index is 1.66. The van der Waals surface area contributed by atoms with Crippen LogP contribution in [-0.4, -0.2) is 26.5 Å². The summed E-state index contributed by atoms with van der Waals surface area (Å²) < 4.78 is 50.0. The summed E-state index contributed by atoms with van der Waals surface area (Å²) in [6, 6.07) is 5.86. The molecule has 9 heteroatoms. The highest BCUT2D eigenvalue weighted by molar-refractivity contribution is 6.01. The summed E-state index contributed by atoms with van der Waals surface area (Å²) in [5.41, 5.74) is -0.429. The maximum absolute atomic E-state index is 12.9. The van der Waals surface area contributed by atoms with Gasteiger partial charge in [0.2, 0.25) is 5.82 Å². The summed E-state index contributed by atoms with van der Waals surface area (Å²) in [7, 11) is 0. The molecule has 0 atom stereocenters. The number of carbonyl (C=O) groups excluding carboxylic acids is 1. The summed E-state index contributed by atoms with van der Waals surface area (Å²) >= 11 is 0. The average Bonchev–Trinajstić information content (AvgIpc) is 3.23. The Morgan fingerprint density at radius 2 is 1.87 bits per heavy atom. The van der Waals surface area contributed by atoms with E-state index in [1.807, 2.05) is 13.8 Å². The molecule has 1 aromatic carbocycles. The molecule has 1 aliphatic rings. The molecular formula is C21H18F3N3O3. The largest absolute Gasteiger partial charge is 0.486 e. The molecule has 2 aromatic heterocycles. The van der Waals surface area contributed by atoms with Crippen molar-refractivity contribution in [3.63, 3.8) is 0 Å². The number of fused-ring (bicyclic) bond motifs is 1.